The number of aryl methyl sites for hydroxylation is 1. The Hall–Kier alpha value is -2.47. The Balaban J connectivity index is 1.83. The summed E-state index contributed by atoms with van der Waals surface area (Å²) in [4.78, 5) is 24.7. The van der Waals surface area contributed by atoms with Crippen molar-refractivity contribution >= 4 is 33.3 Å². The number of rotatable bonds is 4. The molecule has 0 atom stereocenters. The van der Waals surface area contributed by atoms with Crippen molar-refractivity contribution in [2.24, 2.45) is 0 Å². The number of nitrogens with one attached hydrogen (secondary N) is 1. The number of hydrogen-bond donors (Lipinski definition) is 1. The highest BCUT2D eigenvalue weighted by Crippen LogP contribution is 2.29. The third-order valence-corrected chi connectivity index (χ3v) is 4.61. The molecule has 2 heterocycles. The number of anilines is 1. The SMILES string of the molecule is CNC(=O)c1ccc(CN(C)c2ncnc3sc(C)cc23)cc1. The summed E-state index contributed by atoms with van der Waals surface area (Å²) in [6.45, 7) is 2.79. The number of aromatic nitrogens is 2. The molecule has 1 aromatic carbocycles. The molecular formula is C17H18N4OS. The molecule has 5 nitrogen and oxygen atoms in total. The number of fused-ring (bicyclic) bond motifs is 1. The highest BCUT2D eigenvalue weighted by atomic mass is 32.1. The van der Waals surface area contributed by atoms with Crippen LogP contribution in [0.4, 0.5) is 5.82 Å². The fourth-order valence-corrected chi connectivity index (χ4v) is 3.36. The second-order valence-electron chi connectivity index (χ2n) is 5.41. The Morgan fingerprint density at radius 2 is 2.00 bits per heavy atom. The van der Waals surface area contributed by atoms with E-state index < -0.39 is 0 Å². The smallest absolute Gasteiger partial charge is 0.251 e. The number of amides is 1. The molecule has 23 heavy (non-hydrogen) atoms. The molecule has 0 saturated heterocycles. The van der Waals surface area contributed by atoms with Crippen molar-refractivity contribution in [3.63, 3.8) is 0 Å². The van der Waals surface area contributed by atoms with E-state index in [0.29, 0.717) is 5.56 Å². The van der Waals surface area contributed by atoms with Gasteiger partial charge >= 0.3 is 0 Å². The zero-order valence-electron chi connectivity index (χ0n) is 13.3. The molecule has 0 fully saturated rings. The lowest BCUT2D eigenvalue weighted by atomic mass is 10.1. The monoisotopic (exact) mass is 326 g/mol. The first-order valence-corrected chi connectivity index (χ1v) is 8.13. The van der Waals surface area contributed by atoms with Crippen LogP contribution in [0.2, 0.25) is 0 Å². The van der Waals surface area contributed by atoms with Crippen molar-refractivity contribution in [1.82, 2.24) is 15.3 Å². The molecular weight excluding hydrogens is 308 g/mol. The van der Waals surface area contributed by atoms with E-state index in [9.17, 15) is 4.79 Å². The second kappa shape index (κ2) is 6.34. The van der Waals surface area contributed by atoms with Crippen LogP contribution < -0.4 is 10.2 Å². The molecule has 1 N–H and O–H groups in total. The molecule has 0 aliphatic rings. The summed E-state index contributed by atoms with van der Waals surface area (Å²) in [7, 11) is 3.65. The standard InChI is InChI=1S/C17H18N4OS/c1-11-8-14-15(19-10-20-17(14)23-11)21(3)9-12-4-6-13(7-5-12)16(22)18-2/h4-8,10H,9H2,1-3H3,(H,18,22). The van der Waals surface area contributed by atoms with E-state index in [4.69, 9.17) is 0 Å². The lowest BCUT2D eigenvalue weighted by Gasteiger charge is -2.19. The van der Waals surface area contributed by atoms with Gasteiger partial charge in [-0.05, 0) is 30.7 Å². The predicted octanol–water partition coefficient (Wildman–Crippen LogP) is 3.00. The van der Waals surface area contributed by atoms with Crippen molar-refractivity contribution < 1.29 is 4.79 Å². The quantitative estimate of drug-likeness (QED) is 0.801. The van der Waals surface area contributed by atoms with Crippen molar-refractivity contribution in [3.8, 4) is 0 Å². The minimum atomic E-state index is -0.0730. The van der Waals surface area contributed by atoms with Crippen LogP contribution in [0.15, 0.2) is 36.7 Å². The topological polar surface area (TPSA) is 58.1 Å². The number of thiophene rings is 1. The molecule has 3 aromatic rings. The first-order chi connectivity index (χ1) is 11.1. The number of carbonyl (C=O) groups is 1. The largest absolute Gasteiger partial charge is 0.355 e. The third-order valence-electron chi connectivity index (χ3n) is 3.66. The van der Waals surface area contributed by atoms with Gasteiger partial charge in [0.2, 0.25) is 0 Å². The summed E-state index contributed by atoms with van der Waals surface area (Å²) in [6.07, 6.45) is 1.61. The van der Waals surface area contributed by atoms with E-state index in [1.54, 1.807) is 24.7 Å². The van der Waals surface area contributed by atoms with E-state index in [2.05, 4.69) is 33.2 Å². The molecule has 0 unspecified atom stereocenters. The van der Waals surface area contributed by atoms with E-state index in [0.717, 1.165) is 28.1 Å². The average molecular weight is 326 g/mol. The van der Waals surface area contributed by atoms with Crippen LogP contribution in [-0.2, 0) is 6.54 Å². The van der Waals surface area contributed by atoms with Gasteiger partial charge in [-0.2, -0.15) is 0 Å². The van der Waals surface area contributed by atoms with Gasteiger partial charge in [0.1, 0.15) is 17.0 Å². The Morgan fingerprint density at radius 1 is 1.26 bits per heavy atom. The molecule has 0 aliphatic heterocycles. The molecule has 118 valence electrons. The Labute approximate surface area is 139 Å². The predicted molar refractivity (Wildman–Crippen MR) is 94.1 cm³/mol. The van der Waals surface area contributed by atoms with Gasteiger partial charge in [-0.15, -0.1) is 11.3 Å². The minimum absolute atomic E-state index is 0.0730. The summed E-state index contributed by atoms with van der Waals surface area (Å²) in [5.41, 5.74) is 1.79. The van der Waals surface area contributed by atoms with E-state index in [-0.39, 0.29) is 5.91 Å². The Kier molecular flexibility index (Phi) is 4.25. The van der Waals surface area contributed by atoms with Crippen LogP contribution in [0.1, 0.15) is 20.8 Å². The molecule has 2 aromatic heterocycles. The lowest BCUT2D eigenvalue weighted by molar-refractivity contribution is 0.0963. The van der Waals surface area contributed by atoms with Crippen LogP contribution in [-0.4, -0.2) is 30.0 Å². The summed E-state index contributed by atoms with van der Waals surface area (Å²) in [5.74, 6) is 0.853. The van der Waals surface area contributed by atoms with Gasteiger partial charge in [0, 0.05) is 31.1 Å². The lowest BCUT2D eigenvalue weighted by Crippen LogP contribution is -2.19. The zero-order chi connectivity index (χ0) is 16.4. The van der Waals surface area contributed by atoms with Gasteiger partial charge in [-0.3, -0.25) is 4.79 Å². The maximum Gasteiger partial charge on any atom is 0.251 e. The molecule has 0 spiro atoms. The summed E-state index contributed by atoms with van der Waals surface area (Å²) < 4.78 is 0. The number of carbonyl (C=O) groups excluding carboxylic acids is 1. The van der Waals surface area contributed by atoms with Crippen molar-refractivity contribution in [3.05, 3.63) is 52.7 Å². The Bertz CT molecular complexity index is 841. The maximum absolute atomic E-state index is 11.6. The van der Waals surface area contributed by atoms with Gasteiger partial charge in [0.05, 0.1) is 5.39 Å². The van der Waals surface area contributed by atoms with Crippen molar-refractivity contribution in [2.45, 2.75) is 13.5 Å². The van der Waals surface area contributed by atoms with Gasteiger partial charge in [0.15, 0.2) is 0 Å². The molecule has 0 aliphatic carbocycles. The molecule has 3 rings (SSSR count). The van der Waals surface area contributed by atoms with Gasteiger partial charge in [-0.25, -0.2) is 9.97 Å². The molecule has 0 bridgehead atoms. The summed E-state index contributed by atoms with van der Waals surface area (Å²) in [6, 6.07) is 9.75. The molecule has 6 heteroatoms. The van der Waals surface area contributed by atoms with E-state index >= 15 is 0 Å². The minimum Gasteiger partial charge on any atom is -0.355 e. The van der Waals surface area contributed by atoms with Gasteiger partial charge in [-0.1, -0.05) is 12.1 Å². The van der Waals surface area contributed by atoms with Crippen molar-refractivity contribution in [1.29, 1.82) is 0 Å². The number of hydrogen-bond acceptors (Lipinski definition) is 5. The summed E-state index contributed by atoms with van der Waals surface area (Å²) >= 11 is 1.68. The normalized spacial score (nSPS) is 10.7. The number of benzene rings is 1. The first-order valence-electron chi connectivity index (χ1n) is 7.32. The highest BCUT2D eigenvalue weighted by Gasteiger charge is 2.11. The second-order valence-corrected chi connectivity index (χ2v) is 6.64. The van der Waals surface area contributed by atoms with Crippen LogP contribution in [0, 0.1) is 6.92 Å². The van der Waals surface area contributed by atoms with E-state index in [1.807, 2.05) is 31.3 Å². The van der Waals surface area contributed by atoms with Gasteiger partial charge < -0.3 is 10.2 Å². The molecule has 0 saturated carbocycles. The van der Waals surface area contributed by atoms with Crippen LogP contribution in [0.25, 0.3) is 10.2 Å². The summed E-state index contributed by atoms with van der Waals surface area (Å²) in [5, 5.41) is 3.71. The van der Waals surface area contributed by atoms with E-state index in [1.165, 1.54) is 4.88 Å². The first kappa shape index (κ1) is 15.4. The molecule has 0 radical (unpaired) electrons. The maximum atomic E-state index is 11.6. The average Bonchev–Trinajstić information content (AvgIpc) is 2.94. The van der Waals surface area contributed by atoms with Crippen LogP contribution in [0.3, 0.4) is 0 Å². The zero-order valence-corrected chi connectivity index (χ0v) is 14.1. The third kappa shape index (κ3) is 3.17. The van der Waals surface area contributed by atoms with Gasteiger partial charge in [0.25, 0.3) is 5.91 Å². The van der Waals surface area contributed by atoms with Crippen LogP contribution >= 0.6 is 11.3 Å². The highest BCUT2D eigenvalue weighted by molar-refractivity contribution is 7.18. The molecule has 1 amide bonds. The fraction of sp³-hybridized carbons (Fsp3) is 0.235. The van der Waals surface area contributed by atoms with Crippen LogP contribution in [0.5, 0.6) is 0 Å². The Morgan fingerprint density at radius 3 is 2.70 bits per heavy atom. The fourth-order valence-electron chi connectivity index (χ4n) is 2.52. The number of nitrogens with zero attached hydrogens (tertiary/aromatic N) is 3. The van der Waals surface area contributed by atoms with Crippen molar-refractivity contribution in [2.75, 3.05) is 19.0 Å².